The predicted molar refractivity (Wildman–Crippen MR) is 50.3 cm³/mol. The molecule has 6 heteroatoms. The molecule has 0 aliphatic carbocycles. The maximum Gasteiger partial charge on any atom is 0.242 e. The van der Waals surface area contributed by atoms with E-state index in [0.717, 1.165) is 0 Å². The van der Waals surface area contributed by atoms with Crippen molar-refractivity contribution in [1.29, 1.82) is 0 Å². The fraction of sp³-hybridized carbons (Fsp3) is 0.500. The molecule has 0 unspecified atom stereocenters. The van der Waals surface area contributed by atoms with Crippen LogP contribution in [0.25, 0.3) is 0 Å². The molecule has 14 heavy (non-hydrogen) atoms. The van der Waals surface area contributed by atoms with E-state index in [-0.39, 0.29) is 4.90 Å². The summed E-state index contributed by atoms with van der Waals surface area (Å²) in [6.07, 6.45) is 3.03. The molecule has 2 rings (SSSR count). The van der Waals surface area contributed by atoms with Gasteiger partial charge in [0.25, 0.3) is 0 Å². The number of hydrogen-bond donors (Lipinski definition) is 2. The van der Waals surface area contributed by atoms with E-state index < -0.39 is 15.6 Å². The molecule has 1 aliphatic heterocycles. The van der Waals surface area contributed by atoms with Gasteiger partial charge in [0.2, 0.25) is 10.0 Å². The van der Waals surface area contributed by atoms with Crippen molar-refractivity contribution in [2.45, 2.75) is 17.4 Å². The van der Waals surface area contributed by atoms with Crippen molar-refractivity contribution in [3.63, 3.8) is 0 Å². The van der Waals surface area contributed by atoms with E-state index in [1.807, 2.05) is 6.92 Å². The second kappa shape index (κ2) is 3.08. The van der Waals surface area contributed by atoms with Crippen LogP contribution in [0.2, 0.25) is 0 Å². The van der Waals surface area contributed by atoms with Crippen molar-refractivity contribution in [2.24, 2.45) is 0 Å². The molecule has 0 amide bonds. The number of H-pyrrole nitrogens is 1. The Balaban J connectivity index is 2.18. The van der Waals surface area contributed by atoms with Gasteiger partial charge in [-0.05, 0) is 13.0 Å². The second-order valence-electron chi connectivity index (χ2n) is 3.71. The van der Waals surface area contributed by atoms with E-state index in [0.29, 0.717) is 13.2 Å². The molecular formula is C8H12N2O3S. The van der Waals surface area contributed by atoms with E-state index in [1.54, 1.807) is 6.20 Å². The Kier molecular flexibility index (Phi) is 2.13. The molecule has 0 spiro atoms. The standard InChI is InChI=1S/C8H12N2O3S/c1-8(5-13-6-8)10-14(11,12)7-2-3-9-4-7/h2-4,9-10H,5-6H2,1H3. The third-order valence-corrected chi connectivity index (χ3v) is 3.74. The Labute approximate surface area is 82.5 Å². The lowest BCUT2D eigenvalue weighted by Gasteiger charge is -2.38. The van der Waals surface area contributed by atoms with Crippen LogP contribution in [0.4, 0.5) is 0 Å². The third kappa shape index (κ3) is 1.68. The molecular weight excluding hydrogens is 204 g/mol. The number of ether oxygens (including phenoxy) is 1. The highest BCUT2D eigenvalue weighted by molar-refractivity contribution is 7.89. The number of sulfonamides is 1. The molecule has 1 aliphatic rings. The molecule has 0 aromatic carbocycles. The Hall–Kier alpha value is -0.850. The van der Waals surface area contributed by atoms with Gasteiger partial charge in [-0.25, -0.2) is 13.1 Å². The Morgan fingerprint density at radius 2 is 2.29 bits per heavy atom. The topological polar surface area (TPSA) is 71.2 Å². The molecule has 1 aromatic rings. The predicted octanol–water partition coefficient (Wildman–Crippen LogP) is 0.0819. The van der Waals surface area contributed by atoms with Crippen molar-refractivity contribution in [3.05, 3.63) is 18.5 Å². The number of aromatic nitrogens is 1. The minimum Gasteiger partial charge on any atom is -0.377 e. The molecule has 1 aromatic heterocycles. The minimum atomic E-state index is -3.40. The van der Waals surface area contributed by atoms with Crippen LogP contribution in [0.3, 0.4) is 0 Å². The van der Waals surface area contributed by atoms with Gasteiger partial charge in [0, 0.05) is 12.4 Å². The van der Waals surface area contributed by atoms with Crippen LogP contribution in [-0.4, -0.2) is 32.2 Å². The van der Waals surface area contributed by atoms with E-state index in [9.17, 15) is 8.42 Å². The van der Waals surface area contributed by atoms with Crippen LogP contribution in [0.1, 0.15) is 6.92 Å². The summed E-state index contributed by atoms with van der Waals surface area (Å²) in [4.78, 5) is 2.96. The van der Waals surface area contributed by atoms with Crippen molar-refractivity contribution in [2.75, 3.05) is 13.2 Å². The molecule has 5 nitrogen and oxygen atoms in total. The van der Waals surface area contributed by atoms with Gasteiger partial charge in [-0.2, -0.15) is 0 Å². The summed E-state index contributed by atoms with van der Waals surface area (Å²) in [7, 11) is -3.40. The fourth-order valence-corrected chi connectivity index (χ4v) is 2.68. The third-order valence-electron chi connectivity index (χ3n) is 2.10. The number of nitrogens with one attached hydrogen (secondary N) is 2. The highest BCUT2D eigenvalue weighted by Gasteiger charge is 2.37. The lowest BCUT2D eigenvalue weighted by atomic mass is 10.0. The van der Waals surface area contributed by atoms with Gasteiger partial charge in [0.15, 0.2) is 0 Å². The van der Waals surface area contributed by atoms with Crippen molar-refractivity contribution >= 4 is 10.0 Å². The number of hydrogen-bond acceptors (Lipinski definition) is 3. The van der Waals surface area contributed by atoms with Crippen molar-refractivity contribution in [3.8, 4) is 0 Å². The van der Waals surface area contributed by atoms with Crippen LogP contribution in [0.5, 0.6) is 0 Å². The van der Waals surface area contributed by atoms with Gasteiger partial charge >= 0.3 is 0 Å². The van der Waals surface area contributed by atoms with Crippen LogP contribution >= 0.6 is 0 Å². The normalized spacial score (nSPS) is 20.4. The first-order valence-electron chi connectivity index (χ1n) is 4.26. The van der Waals surface area contributed by atoms with Gasteiger partial charge in [0.05, 0.1) is 23.6 Å². The summed E-state index contributed by atoms with van der Waals surface area (Å²) in [5.41, 5.74) is -0.448. The molecule has 0 saturated carbocycles. The van der Waals surface area contributed by atoms with E-state index in [2.05, 4.69) is 9.71 Å². The summed E-state index contributed by atoms with van der Waals surface area (Å²) in [5.74, 6) is 0. The monoisotopic (exact) mass is 216 g/mol. The summed E-state index contributed by atoms with van der Waals surface area (Å²) >= 11 is 0. The zero-order valence-corrected chi connectivity index (χ0v) is 8.60. The Morgan fingerprint density at radius 3 is 2.71 bits per heavy atom. The summed E-state index contributed by atoms with van der Waals surface area (Å²) < 4.78 is 31.0. The van der Waals surface area contributed by atoms with Gasteiger partial charge in [-0.1, -0.05) is 0 Å². The zero-order valence-electron chi connectivity index (χ0n) is 7.78. The van der Waals surface area contributed by atoms with Crippen LogP contribution in [0.15, 0.2) is 23.4 Å². The van der Waals surface area contributed by atoms with Gasteiger partial charge < -0.3 is 9.72 Å². The molecule has 2 heterocycles. The first-order chi connectivity index (χ1) is 6.52. The van der Waals surface area contributed by atoms with Gasteiger partial charge in [-0.3, -0.25) is 0 Å². The van der Waals surface area contributed by atoms with Gasteiger partial charge in [0.1, 0.15) is 0 Å². The maximum atomic E-state index is 11.7. The van der Waals surface area contributed by atoms with E-state index >= 15 is 0 Å². The smallest absolute Gasteiger partial charge is 0.242 e. The second-order valence-corrected chi connectivity index (χ2v) is 5.39. The first-order valence-corrected chi connectivity index (χ1v) is 5.75. The summed E-state index contributed by atoms with van der Waals surface area (Å²) in [6.45, 7) is 2.67. The molecule has 1 fully saturated rings. The van der Waals surface area contributed by atoms with Crippen LogP contribution in [-0.2, 0) is 14.8 Å². The lowest BCUT2D eigenvalue weighted by Crippen LogP contribution is -2.59. The van der Waals surface area contributed by atoms with E-state index in [4.69, 9.17) is 4.74 Å². The van der Waals surface area contributed by atoms with Crippen molar-refractivity contribution < 1.29 is 13.2 Å². The van der Waals surface area contributed by atoms with Crippen LogP contribution < -0.4 is 4.72 Å². The maximum absolute atomic E-state index is 11.7. The zero-order chi connectivity index (χ0) is 10.2. The highest BCUT2D eigenvalue weighted by atomic mass is 32.2. The molecule has 78 valence electrons. The van der Waals surface area contributed by atoms with E-state index in [1.165, 1.54) is 12.3 Å². The Morgan fingerprint density at radius 1 is 1.57 bits per heavy atom. The van der Waals surface area contributed by atoms with Gasteiger partial charge in [-0.15, -0.1) is 0 Å². The summed E-state index contributed by atoms with van der Waals surface area (Å²) in [5, 5.41) is 0. The number of rotatable bonds is 3. The molecule has 0 bridgehead atoms. The fourth-order valence-electron chi connectivity index (χ4n) is 1.33. The molecule has 1 saturated heterocycles. The van der Waals surface area contributed by atoms with Crippen molar-refractivity contribution in [1.82, 2.24) is 9.71 Å². The molecule has 0 radical (unpaired) electrons. The average molecular weight is 216 g/mol. The minimum absolute atomic E-state index is 0.255. The molecule has 0 atom stereocenters. The first kappa shape index (κ1) is 9.70. The highest BCUT2D eigenvalue weighted by Crippen LogP contribution is 2.19. The average Bonchev–Trinajstić information content (AvgIpc) is 2.52. The lowest BCUT2D eigenvalue weighted by molar-refractivity contribution is -0.0523. The SMILES string of the molecule is CC1(NS(=O)(=O)c2cc[nH]c2)COC1. The summed E-state index contributed by atoms with van der Waals surface area (Å²) in [6, 6.07) is 1.52. The Bertz CT molecular complexity index is 406. The number of aromatic amines is 1. The quantitative estimate of drug-likeness (QED) is 0.751. The van der Waals surface area contributed by atoms with Crippen LogP contribution in [0, 0.1) is 0 Å². The largest absolute Gasteiger partial charge is 0.377 e. The molecule has 2 N–H and O–H groups in total.